The van der Waals surface area contributed by atoms with Crippen LogP contribution in [0.1, 0.15) is 25.7 Å². The first-order valence-electron chi connectivity index (χ1n) is 7.18. The average molecular weight is 273 g/mol. The van der Waals surface area contributed by atoms with Gasteiger partial charge in [0, 0.05) is 24.1 Å². The largest absolute Gasteiger partial charge is 0.490 e. The van der Waals surface area contributed by atoms with Crippen molar-refractivity contribution in [3.63, 3.8) is 0 Å². The van der Waals surface area contributed by atoms with E-state index in [2.05, 4.69) is 17.5 Å². The smallest absolute Gasteiger partial charge is 0.227 e. The third kappa shape index (κ3) is 2.95. The molecule has 1 heterocycles. The number of ether oxygens (including phenoxy) is 2. The molecule has 1 N–H and O–H groups in total. The van der Waals surface area contributed by atoms with Gasteiger partial charge in [0.15, 0.2) is 11.5 Å². The summed E-state index contributed by atoms with van der Waals surface area (Å²) in [6.45, 7) is 1.32. The van der Waals surface area contributed by atoms with Crippen LogP contribution in [0.5, 0.6) is 11.5 Å². The topological polar surface area (TPSA) is 47.6 Å². The molecule has 0 saturated carbocycles. The summed E-state index contributed by atoms with van der Waals surface area (Å²) in [5.74, 6) is 1.63. The summed E-state index contributed by atoms with van der Waals surface area (Å²) in [4.78, 5) is 12.2. The second-order valence-electron chi connectivity index (χ2n) is 5.18. The fraction of sp³-hybridized carbons (Fsp3) is 0.438. The molecule has 1 amide bonds. The molecule has 1 atom stereocenters. The van der Waals surface area contributed by atoms with Crippen LogP contribution in [0.2, 0.25) is 0 Å². The summed E-state index contributed by atoms with van der Waals surface area (Å²) >= 11 is 0. The van der Waals surface area contributed by atoms with Gasteiger partial charge in [-0.15, -0.1) is 0 Å². The number of hydrogen-bond donors (Lipinski definition) is 1. The number of nitrogens with one attached hydrogen (secondary N) is 1. The van der Waals surface area contributed by atoms with Crippen LogP contribution in [0.25, 0.3) is 0 Å². The highest BCUT2D eigenvalue weighted by molar-refractivity contribution is 5.93. The molecule has 4 heteroatoms. The SMILES string of the molecule is O=C(Nc1ccc2c(c1)OCCCO2)[C@@H]1CC=CCC1. The van der Waals surface area contributed by atoms with Gasteiger partial charge in [0.25, 0.3) is 0 Å². The number of carbonyl (C=O) groups excluding carboxylic acids is 1. The van der Waals surface area contributed by atoms with E-state index in [1.54, 1.807) is 0 Å². The number of anilines is 1. The predicted molar refractivity (Wildman–Crippen MR) is 77.2 cm³/mol. The third-order valence-electron chi connectivity index (χ3n) is 3.65. The fourth-order valence-electron chi connectivity index (χ4n) is 2.52. The number of allylic oxidation sites excluding steroid dienone is 2. The lowest BCUT2D eigenvalue weighted by atomic mass is 9.93. The van der Waals surface area contributed by atoms with Gasteiger partial charge in [-0.1, -0.05) is 12.2 Å². The van der Waals surface area contributed by atoms with Crippen LogP contribution in [0.4, 0.5) is 5.69 Å². The number of amides is 1. The third-order valence-corrected chi connectivity index (χ3v) is 3.65. The molecular weight excluding hydrogens is 254 g/mol. The molecule has 4 nitrogen and oxygen atoms in total. The van der Waals surface area contributed by atoms with E-state index in [0.717, 1.165) is 37.1 Å². The molecule has 0 saturated heterocycles. The molecule has 0 radical (unpaired) electrons. The maximum atomic E-state index is 12.2. The van der Waals surface area contributed by atoms with Crippen molar-refractivity contribution in [2.75, 3.05) is 18.5 Å². The summed E-state index contributed by atoms with van der Waals surface area (Å²) in [7, 11) is 0. The summed E-state index contributed by atoms with van der Waals surface area (Å²) in [5.41, 5.74) is 0.772. The Hall–Kier alpha value is -1.97. The molecule has 0 spiro atoms. The first kappa shape index (κ1) is 13.0. The van der Waals surface area contributed by atoms with E-state index < -0.39 is 0 Å². The molecule has 1 aromatic rings. The van der Waals surface area contributed by atoms with Crippen molar-refractivity contribution in [2.24, 2.45) is 5.92 Å². The Bertz CT molecular complexity index is 524. The van der Waals surface area contributed by atoms with E-state index in [9.17, 15) is 4.79 Å². The van der Waals surface area contributed by atoms with Gasteiger partial charge in [0.05, 0.1) is 13.2 Å². The molecule has 20 heavy (non-hydrogen) atoms. The molecular formula is C16H19NO3. The van der Waals surface area contributed by atoms with Gasteiger partial charge in [-0.2, -0.15) is 0 Å². The Morgan fingerprint density at radius 1 is 1.15 bits per heavy atom. The normalized spacial score (nSPS) is 21.1. The molecule has 1 aromatic carbocycles. The molecule has 0 bridgehead atoms. The second kappa shape index (κ2) is 5.99. The molecule has 0 unspecified atom stereocenters. The minimum atomic E-state index is 0.0796. The summed E-state index contributed by atoms with van der Waals surface area (Å²) in [5, 5.41) is 2.97. The number of hydrogen-bond acceptors (Lipinski definition) is 3. The van der Waals surface area contributed by atoms with Crippen molar-refractivity contribution in [2.45, 2.75) is 25.7 Å². The number of carbonyl (C=O) groups is 1. The quantitative estimate of drug-likeness (QED) is 0.842. The lowest BCUT2D eigenvalue weighted by Gasteiger charge is -2.17. The molecule has 0 fully saturated rings. The average Bonchev–Trinajstić information content (AvgIpc) is 2.73. The standard InChI is InChI=1S/C16H19NO3/c18-16(12-5-2-1-3-6-12)17-13-7-8-14-15(11-13)20-10-4-9-19-14/h1-2,7-8,11-12H,3-6,9-10H2,(H,17,18)/t12-/m1/s1. The minimum Gasteiger partial charge on any atom is -0.490 e. The van der Waals surface area contributed by atoms with Gasteiger partial charge in [0.1, 0.15) is 0 Å². The van der Waals surface area contributed by atoms with Gasteiger partial charge in [-0.3, -0.25) is 4.79 Å². The van der Waals surface area contributed by atoms with Crippen LogP contribution in [-0.4, -0.2) is 19.1 Å². The van der Waals surface area contributed by atoms with Gasteiger partial charge in [-0.05, 0) is 31.4 Å². The predicted octanol–water partition coefficient (Wildman–Crippen LogP) is 3.14. The van der Waals surface area contributed by atoms with Crippen molar-refractivity contribution in [3.8, 4) is 11.5 Å². The van der Waals surface area contributed by atoms with Crippen LogP contribution in [0.3, 0.4) is 0 Å². The zero-order chi connectivity index (χ0) is 13.8. The van der Waals surface area contributed by atoms with Crippen molar-refractivity contribution < 1.29 is 14.3 Å². The number of fused-ring (bicyclic) bond motifs is 1. The Morgan fingerprint density at radius 2 is 2.00 bits per heavy atom. The molecule has 2 aliphatic rings. The maximum Gasteiger partial charge on any atom is 0.227 e. The lowest BCUT2D eigenvalue weighted by molar-refractivity contribution is -0.120. The van der Waals surface area contributed by atoms with Gasteiger partial charge < -0.3 is 14.8 Å². The maximum absolute atomic E-state index is 12.2. The molecule has 0 aromatic heterocycles. The number of rotatable bonds is 2. The molecule has 1 aliphatic carbocycles. The summed E-state index contributed by atoms with van der Waals surface area (Å²) in [6.07, 6.45) is 7.84. The van der Waals surface area contributed by atoms with Crippen LogP contribution >= 0.6 is 0 Å². The van der Waals surface area contributed by atoms with E-state index in [1.807, 2.05) is 18.2 Å². The monoisotopic (exact) mass is 273 g/mol. The summed E-state index contributed by atoms with van der Waals surface area (Å²) in [6, 6.07) is 5.57. The second-order valence-corrected chi connectivity index (χ2v) is 5.18. The Balaban J connectivity index is 1.69. The summed E-state index contributed by atoms with van der Waals surface area (Å²) < 4.78 is 11.2. The molecule has 1 aliphatic heterocycles. The lowest BCUT2D eigenvalue weighted by Crippen LogP contribution is -2.23. The highest BCUT2D eigenvalue weighted by atomic mass is 16.5. The Kier molecular flexibility index (Phi) is 3.90. The van der Waals surface area contributed by atoms with Gasteiger partial charge in [0.2, 0.25) is 5.91 Å². The first-order valence-corrected chi connectivity index (χ1v) is 7.18. The Labute approximate surface area is 118 Å². The molecule has 106 valence electrons. The van der Waals surface area contributed by atoms with E-state index >= 15 is 0 Å². The van der Waals surface area contributed by atoms with Gasteiger partial charge in [-0.25, -0.2) is 0 Å². The fourth-order valence-corrected chi connectivity index (χ4v) is 2.52. The van der Waals surface area contributed by atoms with E-state index in [1.165, 1.54) is 0 Å². The molecule has 3 rings (SSSR count). The minimum absolute atomic E-state index is 0.0796. The van der Waals surface area contributed by atoms with Crippen molar-refractivity contribution >= 4 is 11.6 Å². The van der Waals surface area contributed by atoms with Crippen LogP contribution in [0, 0.1) is 5.92 Å². The van der Waals surface area contributed by atoms with E-state index in [4.69, 9.17) is 9.47 Å². The first-order chi connectivity index (χ1) is 9.83. The zero-order valence-electron chi connectivity index (χ0n) is 11.4. The van der Waals surface area contributed by atoms with Crippen molar-refractivity contribution in [3.05, 3.63) is 30.4 Å². The van der Waals surface area contributed by atoms with Gasteiger partial charge >= 0.3 is 0 Å². The van der Waals surface area contributed by atoms with E-state index in [0.29, 0.717) is 19.0 Å². The van der Waals surface area contributed by atoms with Crippen molar-refractivity contribution in [1.29, 1.82) is 0 Å². The van der Waals surface area contributed by atoms with Crippen LogP contribution in [-0.2, 0) is 4.79 Å². The van der Waals surface area contributed by atoms with Crippen LogP contribution in [0.15, 0.2) is 30.4 Å². The van der Waals surface area contributed by atoms with Crippen LogP contribution < -0.4 is 14.8 Å². The zero-order valence-corrected chi connectivity index (χ0v) is 11.4. The Morgan fingerprint density at radius 3 is 2.80 bits per heavy atom. The van der Waals surface area contributed by atoms with Crippen molar-refractivity contribution in [1.82, 2.24) is 0 Å². The number of benzene rings is 1. The highest BCUT2D eigenvalue weighted by Crippen LogP contribution is 2.32. The van der Waals surface area contributed by atoms with E-state index in [-0.39, 0.29) is 11.8 Å². The highest BCUT2D eigenvalue weighted by Gasteiger charge is 2.19.